The molecule has 1 N–H and O–H groups in total. The zero-order valence-corrected chi connectivity index (χ0v) is 8.34. The average Bonchev–Trinajstić information content (AvgIpc) is 2.66. The van der Waals surface area contributed by atoms with E-state index in [1.165, 1.54) is 0 Å². The Morgan fingerprint density at radius 1 is 1.33 bits per heavy atom. The zero-order valence-electron chi connectivity index (χ0n) is 8.34. The minimum atomic E-state index is -0.117. The van der Waals surface area contributed by atoms with Crippen molar-refractivity contribution in [3.05, 3.63) is 48.5 Å². The molecule has 15 heavy (non-hydrogen) atoms. The SMILES string of the molecule is Cn1cccc1C(=O)Nc1ccncc1. The Labute approximate surface area is 87.6 Å². The van der Waals surface area contributed by atoms with Crippen molar-refractivity contribution in [3.63, 3.8) is 0 Å². The molecule has 4 nitrogen and oxygen atoms in total. The highest BCUT2D eigenvalue weighted by Gasteiger charge is 2.08. The van der Waals surface area contributed by atoms with E-state index < -0.39 is 0 Å². The molecule has 0 radical (unpaired) electrons. The molecule has 0 atom stereocenters. The molecule has 76 valence electrons. The number of carbonyl (C=O) groups excluding carboxylic acids is 1. The maximum Gasteiger partial charge on any atom is 0.272 e. The van der Waals surface area contributed by atoms with E-state index in [-0.39, 0.29) is 5.91 Å². The van der Waals surface area contributed by atoms with E-state index in [0.717, 1.165) is 5.69 Å². The number of pyridine rings is 1. The predicted octanol–water partition coefficient (Wildman–Crippen LogP) is 1.67. The number of hydrogen-bond acceptors (Lipinski definition) is 2. The van der Waals surface area contributed by atoms with Crippen molar-refractivity contribution in [1.82, 2.24) is 9.55 Å². The van der Waals surface area contributed by atoms with Gasteiger partial charge in [0.05, 0.1) is 0 Å². The van der Waals surface area contributed by atoms with Crippen LogP contribution in [0.2, 0.25) is 0 Å². The average molecular weight is 201 g/mol. The number of amides is 1. The molecular weight excluding hydrogens is 190 g/mol. The van der Waals surface area contributed by atoms with Gasteiger partial charge in [-0.05, 0) is 24.3 Å². The van der Waals surface area contributed by atoms with E-state index >= 15 is 0 Å². The van der Waals surface area contributed by atoms with E-state index in [4.69, 9.17) is 0 Å². The minimum absolute atomic E-state index is 0.117. The van der Waals surface area contributed by atoms with Crippen LogP contribution in [0.15, 0.2) is 42.9 Å². The van der Waals surface area contributed by atoms with Gasteiger partial charge in [0.15, 0.2) is 0 Å². The smallest absolute Gasteiger partial charge is 0.272 e. The highest BCUT2D eigenvalue weighted by molar-refractivity contribution is 6.03. The number of anilines is 1. The first-order valence-electron chi connectivity index (χ1n) is 4.60. The van der Waals surface area contributed by atoms with Crippen molar-refractivity contribution in [1.29, 1.82) is 0 Å². The number of rotatable bonds is 2. The number of carbonyl (C=O) groups is 1. The molecule has 2 rings (SSSR count). The molecule has 0 spiro atoms. The predicted molar refractivity (Wildman–Crippen MR) is 57.6 cm³/mol. The Hall–Kier alpha value is -2.10. The molecule has 2 heterocycles. The second-order valence-corrected chi connectivity index (χ2v) is 3.19. The van der Waals surface area contributed by atoms with Gasteiger partial charge in [0, 0.05) is 31.3 Å². The Kier molecular flexibility index (Phi) is 2.49. The summed E-state index contributed by atoms with van der Waals surface area (Å²) in [4.78, 5) is 15.6. The maximum atomic E-state index is 11.7. The van der Waals surface area contributed by atoms with Gasteiger partial charge in [0.1, 0.15) is 5.69 Å². The first-order valence-corrected chi connectivity index (χ1v) is 4.60. The van der Waals surface area contributed by atoms with E-state index in [9.17, 15) is 4.79 Å². The van der Waals surface area contributed by atoms with E-state index in [1.54, 1.807) is 35.2 Å². The van der Waals surface area contributed by atoms with Gasteiger partial charge in [0.25, 0.3) is 5.91 Å². The fourth-order valence-corrected chi connectivity index (χ4v) is 1.33. The van der Waals surface area contributed by atoms with Gasteiger partial charge >= 0.3 is 0 Å². The molecule has 2 aromatic rings. The van der Waals surface area contributed by atoms with Crippen molar-refractivity contribution in [2.45, 2.75) is 0 Å². The Balaban J connectivity index is 2.15. The summed E-state index contributed by atoms with van der Waals surface area (Å²) in [5.74, 6) is -0.117. The van der Waals surface area contributed by atoms with E-state index in [2.05, 4.69) is 10.3 Å². The standard InChI is InChI=1S/C11H11N3O/c1-14-8-2-3-10(14)11(15)13-9-4-6-12-7-5-9/h2-8H,1H3,(H,12,13,15). The molecule has 0 saturated heterocycles. The summed E-state index contributed by atoms with van der Waals surface area (Å²) in [7, 11) is 1.83. The summed E-state index contributed by atoms with van der Waals surface area (Å²) in [6.45, 7) is 0. The molecule has 0 aliphatic heterocycles. The molecule has 2 aromatic heterocycles. The Morgan fingerprint density at radius 3 is 2.67 bits per heavy atom. The van der Waals surface area contributed by atoms with Crippen LogP contribution in [-0.2, 0) is 7.05 Å². The third-order valence-corrected chi connectivity index (χ3v) is 2.11. The summed E-state index contributed by atoms with van der Waals surface area (Å²) in [6, 6.07) is 7.11. The summed E-state index contributed by atoms with van der Waals surface area (Å²) in [5.41, 5.74) is 1.38. The van der Waals surface area contributed by atoms with Crippen LogP contribution in [0.1, 0.15) is 10.5 Å². The van der Waals surface area contributed by atoms with Crippen molar-refractivity contribution >= 4 is 11.6 Å². The topological polar surface area (TPSA) is 46.9 Å². The van der Waals surface area contributed by atoms with Crippen LogP contribution in [-0.4, -0.2) is 15.5 Å². The second-order valence-electron chi connectivity index (χ2n) is 3.19. The molecule has 0 aliphatic rings. The summed E-state index contributed by atoms with van der Waals surface area (Å²) >= 11 is 0. The van der Waals surface area contributed by atoms with Crippen LogP contribution in [0.5, 0.6) is 0 Å². The molecule has 0 fully saturated rings. The maximum absolute atomic E-state index is 11.7. The number of aromatic nitrogens is 2. The third kappa shape index (κ3) is 2.04. The van der Waals surface area contributed by atoms with Gasteiger partial charge in [-0.15, -0.1) is 0 Å². The lowest BCUT2D eigenvalue weighted by atomic mass is 10.3. The Bertz CT molecular complexity index is 462. The molecule has 0 aliphatic carbocycles. The monoisotopic (exact) mass is 201 g/mol. The molecule has 0 unspecified atom stereocenters. The van der Waals surface area contributed by atoms with Gasteiger partial charge in [-0.1, -0.05) is 0 Å². The fraction of sp³-hybridized carbons (Fsp3) is 0.0909. The molecule has 4 heteroatoms. The molecule has 1 amide bonds. The van der Waals surface area contributed by atoms with Gasteiger partial charge < -0.3 is 9.88 Å². The molecule has 0 saturated carbocycles. The molecule has 0 bridgehead atoms. The molecule has 0 aromatic carbocycles. The number of aryl methyl sites for hydroxylation is 1. The van der Waals surface area contributed by atoms with Gasteiger partial charge in [0.2, 0.25) is 0 Å². The fourth-order valence-electron chi connectivity index (χ4n) is 1.33. The quantitative estimate of drug-likeness (QED) is 0.803. The largest absolute Gasteiger partial charge is 0.347 e. The minimum Gasteiger partial charge on any atom is -0.347 e. The second kappa shape index (κ2) is 3.96. The first kappa shape index (κ1) is 9.45. The third-order valence-electron chi connectivity index (χ3n) is 2.11. The number of hydrogen-bond donors (Lipinski definition) is 1. The Morgan fingerprint density at radius 2 is 2.07 bits per heavy atom. The van der Waals surface area contributed by atoms with Crippen LogP contribution < -0.4 is 5.32 Å². The van der Waals surface area contributed by atoms with E-state index in [0.29, 0.717) is 5.69 Å². The normalized spacial score (nSPS) is 9.93. The summed E-state index contributed by atoms with van der Waals surface area (Å²) in [5, 5.41) is 2.79. The number of nitrogens with one attached hydrogen (secondary N) is 1. The highest BCUT2D eigenvalue weighted by atomic mass is 16.1. The molecular formula is C11H11N3O. The van der Waals surface area contributed by atoms with Gasteiger partial charge in [-0.2, -0.15) is 0 Å². The number of nitrogens with zero attached hydrogens (tertiary/aromatic N) is 2. The summed E-state index contributed by atoms with van der Waals surface area (Å²) < 4.78 is 1.77. The van der Waals surface area contributed by atoms with Crippen LogP contribution in [0, 0.1) is 0 Å². The van der Waals surface area contributed by atoms with Gasteiger partial charge in [-0.3, -0.25) is 9.78 Å². The van der Waals surface area contributed by atoms with Crippen LogP contribution >= 0.6 is 0 Å². The zero-order chi connectivity index (χ0) is 10.7. The van der Waals surface area contributed by atoms with Crippen LogP contribution in [0.25, 0.3) is 0 Å². The van der Waals surface area contributed by atoms with Crippen molar-refractivity contribution in [2.24, 2.45) is 7.05 Å². The van der Waals surface area contributed by atoms with Crippen LogP contribution in [0.3, 0.4) is 0 Å². The lowest BCUT2D eigenvalue weighted by Gasteiger charge is -2.05. The van der Waals surface area contributed by atoms with Crippen molar-refractivity contribution in [2.75, 3.05) is 5.32 Å². The van der Waals surface area contributed by atoms with Gasteiger partial charge in [-0.25, -0.2) is 0 Å². The van der Waals surface area contributed by atoms with Crippen molar-refractivity contribution < 1.29 is 4.79 Å². The lowest BCUT2D eigenvalue weighted by molar-refractivity contribution is 0.101. The summed E-state index contributed by atoms with van der Waals surface area (Å²) in [6.07, 6.45) is 5.11. The lowest BCUT2D eigenvalue weighted by Crippen LogP contribution is -2.15. The van der Waals surface area contributed by atoms with Crippen molar-refractivity contribution in [3.8, 4) is 0 Å². The first-order chi connectivity index (χ1) is 7.27. The van der Waals surface area contributed by atoms with Crippen LogP contribution in [0.4, 0.5) is 5.69 Å². The highest BCUT2D eigenvalue weighted by Crippen LogP contribution is 2.07. The van der Waals surface area contributed by atoms with E-state index in [1.807, 2.05) is 19.3 Å².